The average Bonchev–Trinajstić information content (AvgIpc) is 2.45. The van der Waals surface area contributed by atoms with Gasteiger partial charge in [-0.05, 0) is 18.9 Å². The molecule has 2 nitrogen and oxygen atoms in total. The quantitative estimate of drug-likeness (QED) is 0.741. The topological polar surface area (TPSA) is 20.3 Å². The molecule has 0 radical (unpaired) electrons. The van der Waals surface area contributed by atoms with Crippen LogP contribution in [0, 0.1) is 0 Å². The summed E-state index contributed by atoms with van der Waals surface area (Å²) < 4.78 is 88.8. The molecule has 1 aromatic carbocycles. The van der Waals surface area contributed by atoms with Crippen LogP contribution in [0.3, 0.4) is 0 Å². The normalized spacial score (nSPS) is 14.5. The van der Waals surface area contributed by atoms with Gasteiger partial charge in [0.15, 0.2) is 0 Å². The van der Waals surface area contributed by atoms with Gasteiger partial charge in [0.2, 0.25) is 0 Å². The number of carbonyl (C=O) groups excluding carboxylic acids is 1. The van der Waals surface area contributed by atoms with E-state index in [-0.39, 0.29) is 11.3 Å². The van der Waals surface area contributed by atoms with Gasteiger partial charge in [-0.15, -0.1) is 0 Å². The van der Waals surface area contributed by atoms with Crippen LogP contribution in [0.2, 0.25) is 0 Å². The Hall–Kier alpha value is -1.80. The van der Waals surface area contributed by atoms with Crippen molar-refractivity contribution in [3.05, 3.63) is 35.9 Å². The predicted octanol–water partition coefficient (Wildman–Crippen LogP) is 3.91. The maximum atomic E-state index is 13.4. The van der Waals surface area contributed by atoms with E-state index >= 15 is 0 Å². The number of carbonyl (C=O) groups is 1. The van der Waals surface area contributed by atoms with Crippen LogP contribution in [-0.2, 0) is 11.2 Å². The van der Waals surface area contributed by atoms with Crippen molar-refractivity contribution >= 4 is 5.91 Å². The second-order valence-corrected chi connectivity index (χ2v) is 5.10. The number of nitrogens with zero attached hydrogens (tertiary/aromatic N) is 1. The Morgan fingerprint density at radius 2 is 1.52 bits per heavy atom. The first-order chi connectivity index (χ1) is 10.3. The largest absolute Gasteiger partial charge is 0.460 e. The Kier molecular flexibility index (Phi) is 5.33. The highest BCUT2D eigenvalue weighted by Gasteiger charge is 2.76. The highest BCUT2D eigenvalue weighted by molar-refractivity contribution is 5.85. The van der Waals surface area contributed by atoms with Gasteiger partial charge >= 0.3 is 18.0 Å². The van der Waals surface area contributed by atoms with Crippen LogP contribution in [-0.4, -0.2) is 41.9 Å². The summed E-state index contributed by atoms with van der Waals surface area (Å²) in [5.41, 5.74) is 0.616. The monoisotopic (exact) mass is 345 g/mol. The summed E-state index contributed by atoms with van der Waals surface area (Å²) in [7, 11) is 0.760. The first-order valence-electron chi connectivity index (χ1n) is 6.46. The summed E-state index contributed by atoms with van der Waals surface area (Å²) in [6.45, 7) is 1.27. The van der Waals surface area contributed by atoms with Crippen molar-refractivity contribution in [3.63, 3.8) is 0 Å². The zero-order chi connectivity index (χ0) is 18.1. The average molecular weight is 345 g/mol. The Labute approximate surface area is 127 Å². The van der Waals surface area contributed by atoms with E-state index in [1.807, 2.05) is 0 Å². The Bertz CT molecular complexity index is 542. The maximum Gasteiger partial charge on any atom is 0.460 e. The van der Waals surface area contributed by atoms with Gasteiger partial charge in [-0.1, -0.05) is 30.3 Å². The second kappa shape index (κ2) is 6.37. The minimum Gasteiger partial charge on any atom is -0.337 e. The molecule has 0 aliphatic carbocycles. The third kappa shape index (κ3) is 3.76. The molecule has 1 rings (SSSR count). The fraction of sp³-hybridized carbons (Fsp3) is 0.500. The Balaban J connectivity index is 2.94. The number of benzene rings is 1. The summed E-state index contributed by atoms with van der Waals surface area (Å²) in [6.07, 6.45) is -6.51. The molecule has 0 saturated heterocycles. The zero-order valence-electron chi connectivity index (χ0n) is 12.2. The van der Waals surface area contributed by atoms with E-state index in [0.717, 1.165) is 7.05 Å². The van der Waals surface area contributed by atoms with E-state index in [2.05, 4.69) is 0 Å². The van der Waals surface area contributed by atoms with Crippen molar-refractivity contribution < 1.29 is 35.5 Å². The van der Waals surface area contributed by atoms with Gasteiger partial charge in [0.25, 0.3) is 5.91 Å². The van der Waals surface area contributed by atoms with Gasteiger partial charge in [-0.2, -0.15) is 30.7 Å². The predicted molar refractivity (Wildman–Crippen MR) is 68.3 cm³/mol. The van der Waals surface area contributed by atoms with Crippen LogP contribution in [0.5, 0.6) is 0 Å². The summed E-state index contributed by atoms with van der Waals surface area (Å²) in [5.74, 6) is -14.9. The second-order valence-electron chi connectivity index (χ2n) is 5.10. The lowest BCUT2D eigenvalue weighted by molar-refractivity contribution is -0.346. The Morgan fingerprint density at radius 1 is 1.04 bits per heavy atom. The third-order valence-electron chi connectivity index (χ3n) is 3.37. The molecule has 0 aliphatic heterocycles. The number of rotatable bonds is 5. The molecule has 1 atom stereocenters. The van der Waals surface area contributed by atoms with E-state index in [0.29, 0.717) is 5.56 Å². The van der Waals surface area contributed by atoms with Crippen molar-refractivity contribution in [2.75, 3.05) is 7.05 Å². The molecule has 1 aromatic rings. The van der Waals surface area contributed by atoms with E-state index in [1.54, 1.807) is 30.3 Å². The minimum atomic E-state index is -6.53. The van der Waals surface area contributed by atoms with Gasteiger partial charge < -0.3 is 4.90 Å². The number of hydrogen-bond donors (Lipinski definition) is 0. The van der Waals surface area contributed by atoms with E-state index in [9.17, 15) is 35.5 Å². The molecule has 0 bridgehead atoms. The first kappa shape index (κ1) is 19.2. The van der Waals surface area contributed by atoms with Crippen molar-refractivity contribution in [1.82, 2.24) is 4.90 Å². The van der Waals surface area contributed by atoms with Crippen molar-refractivity contribution in [2.45, 2.75) is 37.4 Å². The first-order valence-corrected chi connectivity index (χ1v) is 6.46. The summed E-state index contributed by atoms with van der Waals surface area (Å²) in [4.78, 5) is 11.7. The van der Waals surface area contributed by atoms with Crippen molar-refractivity contribution in [1.29, 1.82) is 0 Å². The lowest BCUT2D eigenvalue weighted by Gasteiger charge is -2.33. The van der Waals surface area contributed by atoms with Gasteiger partial charge in [0, 0.05) is 13.1 Å². The molecule has 130 valence electrons. The summed E-state index contributed by atoms with van der Waals surface area (Å²) >= 11 is 0. The molecule has 9 heteroatoms. The molecule has 0 fully saturated rings. The number of hydrogen-bond acceptors (Lipinski definition) is 1. The SMILES string of the molecule is CC(Cc1ccccc1)N(C)C(=O)C(F)(F)C(F)(F)C(F)(F)F. The van der Waals surface area contributed by atoms with E-state index in [1.165, 1.54) is 6.92 Å². The molecule has 1 unspecified atom stereocenters. The highest BCUT2D eigenvalue weighted by Crippen LogP contribution is 2.47. The fourth-order valence-corrected chi connectivity index (χ4v) is 1.83. The lowest BCUT2D eigenvalue weighted by Crippen LogP contribution is -2.60. The summed E-state index contributed by atoms with van der Waals surface area (Å²) in [5, 5.41) is 0. The Morgan fingerprint density at radius 3 is 1.96 bits per heavy atom. The molecule has 0 aliphatic rings. The molecule has 0 heterocycles. The lowest BCUT2D eigenvalue weighted by atomic mass is 10.0. The van der Waals surface area contributed by atoms with Crippen LogP contribution in [0.15, 0.2) is 30.3 Å². The van der Waals surface area contributed by atoms with E-state index < -0.39 is 30.0 Å². The molecular weight excluding hydrogens is 331 g/mol. The molecule has 23 heavy (non-hydrogen) atoms. The van der Waals surface area contributed by atoms with Crippen LogP contribution in [0.1, 0.15) is 12.5 Å². The van der Waals surface area contributed by atoms with Crippen LogP contribution in [0.25, 0.3) is 0 Å². The highest BCUT2D eigenvalue weighted by atomic mass is 19.4. The molecular formula is C14H14F7NO. The van der Waals surface area contributed by atoms with Gasteiger partial charge in [-0.3, -0.25) is 4.79 Å². The third-order valence-corrected chi connectivity index (χ3v) is 3.37. The summed E-state index contributed by atoms with van der Waals surface area (Å²) in [6, 6.07) is 7.17. The van der Waals surface area contributed by atoms with Gasteiger partial charge in [0.05, 0.1) is 0 Å². The smallest absolute Gasteiger partial charge is 0.337 e. The molecule has 0 N–H and O–H groups in total. The maximum absolute atomic E-state index is 13.4. The molecule has 0 spiro atoms. The number of likely N-dealkylation sites (N-methyl/N-ethyl adjacent to an activating group) is 1. The molecule has 0 saturated carbocycles. The standard InChI is InChI=1S/C14H14F7NO/c1-9(8-10-6-4-3-5-7-10)22(2)11(23)12(15,16)13(17,18)14(19,20)21/h3-7,9H,8H2,1-2H3. The fourth-order valence-electron chi connectivity index (χ4n) is 1.83. The molecule has 0 aromatic heterocycles. The van der Waals surface area contributed by atoms with Crippen LogP contribution >= 0.6 is 0 Å². The minimum absolute atomic E-state index is 0.0246. The van der Waals surface area contributed by atoms with Crippen LogP contribution < -0.4 is 0 Å². The number of alkyl halides is 7. The van der Waals surface area contributed by atoms with E-state index in [4.69, 9.17) is 0 Å². The number of amides is 1. The molecule has 1 amide bonds. The van der Waals surface area contributed by atoms with Crippen molar-refractivity contribution in [3.8, 4) is 0 Å². The number of halogens is 7. The van der Waals surface area contributed by atoms with Crippen molar-refractivity contribution in [2.24, 2.45) is 0 Å². The van der Waals surface area contributed by atoms with Crippen LogP contribution in [0.4, 0.5) is 30.7 Å². The van der Waals surface area contributed by atoms with Gasteiger partial charge in [-0.25, -0.2) is 0 Å². The van der Waals surface area contributed by atoms with Gasteiger partial charge in [0.1, 0.15) is 0 Å². The zero-order valence-corrected chi connectivity index (χ0v) is 12.2.